The average Bonchev–Trinajstić information content (AvgIpc) is 2.44. The molecular formula is C24H44P3. The van der Waals surface area contributed by atoms with E-state index in [0.717, 1.165) is 11.3 Å². The number of hydrogen-bond donors (Lipinski definition) is 0. The first kappa shape index (κ1) is 25.5. The van der Waals surface area contributed by atoms with Crippen LogP contribution in [0.4, 0.5) is 0 Å². The maximum Gasteiger partial charge on any atom is -0.00162 e. The number of rotatable bonds is 9. The van der Waals surface area contributed by atoms with Crippen molar-refractivity contribution in [2.75, 3.05) is 0 Å². The van der Waals surface area contributed by atoms with Crippen LogP contribution in [0.2, 0.25) is 0 Å². The van der Waals surface area contributed by atoms with Crippen molar-refractivity contribution in [3.63, 3.8) is 0 Å². The van der Waals surface area contributed by atoms with Gasteiger partial charge in [-0.05, 0) is 68.1 Å². The predicted molar refractivity (Wildman–Crippen MR) is 136 cm³/mol. The minimum Gasteiger partial charge on any atom is -0.0700 e. The van der Waals surface area contributed by atoms with E-state index in [0.29, 0.717) is 22.6 Å². The molecule has 0 spiro atoms. The van der Waals surface area contributed by atoms with Crippen LogP contribution < -0.4 is 15.9 Å². The molecule has 1 aromatic carbocycles. The summed E-state index contributed by atoms with van der Waals surface area (Å²) in [6.07, 6.45) is 0. The fourth-order valence-corrected chi connectivity index (χ4v) is 13.4. The van der Waals surface area contributed by atoms with Crippen molar-refractivity contribution in [2.45, 2.75) is 117 Å². The summed E-state index contributed by atoms with van der Waals surface area (Å²) in [5, 5.41) is 4.73. The zero-order valence-corrected chi connectivity index (χ0v) is 22.6. The Morgan fingerprint density at radius 1 is 0.481 bits per heavy atom. The summed E-state index contributed by atoms with van der Waals surface area (Å²) in [6, 6.07) is 9.17. The molecule has 3 heteroatoms. The van der Waals surface area contributed by atoms with Crippen LogP contribution in [0.1, 0.15) is 83.1 Å². The summed E-state index contributed by atoms with van der Waals surface area (Å²) < 4.78 is 0. The van der Waals surface area contributed by atoms with Gasteiger partial charge in [0.05, 0.1) is 0 Å². The highest BCUT2D eigenvalue weighted by molar-refractivity contribution is 7.69. The minimum atomic E-state index is -0.168. The third-order valence-electron chi connectivity index (χ3n) is 5.02. The van der Waals surface area contributed by atoms with E-state index >= 15 is 0 Å². The van der Waals surface area contributed by atoms with Crippen molar-refractivity contribution in [3.05, 3.63) is 18.2 Å². The molecule has 0 saturated carbocycles. The lowest BCUT2D eigenvalue weighted by molar-refractivity contribution is 1.02. The van der Waals surface area contributed by atoms with Crippen LogP contribution in [0, 0.1) is 6.07 Å². The lowest BCUT2D eigenvalue weighted by Crippen LogP contribution is -2.29. The topological polar surface area (TPSA) is 0 Å². The fourth-order valence-electron chi connectivity index (χ4n) is 4.45. The third-order valence-corrected chi connectivity index (χ3v) is 14.1. The quantitative estimate of drug-likeness (QED) is 0.365. The van der Waals surface area contributed by atoms with Crippen molar-refractivity contribution >= 4 is 39.7 Å². The molecule has 155 valence electrons. The van der Waals surface area contributed by atoms with E-state index in [-0.39, 0.29) is 23.8 Å². The smallest absolute Gasteiger partial charge is 0.00162 e. The number of hydrogen-bond acceptors (Lipinski definition) is 0. The van der Waals surface area contributed by atoms with Crippen LogP contribution in [0.25, 0.3) is 0 Å². The van der Waals surface area contributed by atoms with Gasteiger partial charge in [0.2, 0.25) is 0 Å². The molecule has 0 aliphatic carbocycles. The lowest BCUT2D eigenvalue weighted by Gasteiger charge is -2.33. The summed E-state index contributed by atoms with van der Waals surface area (Å²) in [6.45, 7) is 29.0. The van der Waals surface area contributed by atoms with Gasteiger partial charge in [0, 0.05) is 0 Å². The highest BCUT2D eigenvalue weighted by Gasteiger charge is 2.27. The second kappa shape index (κ2) is 11.1. The van der Waals surface area contributed by atoms with Gasteiger partial charge in [-0.3, -0.25) is 0 Å². The van der Waals surface area contributed by atoms with Gasteiger partial charge in [-0.25, -0.2) is 0 Å². The molecule has 0 unspecified atom stereocenters. The normalized spacial score (nSPS) is 13.2. The molecule has 1 radical (unpaired) electrons. The summed E-state index contributed by atoms with van der Waals surface area (Å²) in [5.74, 6) is 0. The molecule has 0 saturated heterocycles. The Balaban J connectivity index is 3.69. The molecule has 0 atom stereocenters. The van der Waals surface area contributed by atoms with Gasteiger partial charge in [0.1, 0.15) is 0 Å². The van der Waals surface area contributed by atoms with E-state index in [2.05, 4.69) is 101 Å². The van der Waals surface area contributed by atoms with Gasteiger partial charge in [0.15, 0.2) is 0 Å². The SMILES string of the molecule is CC(C)P(c1[c]c(P(C(C)C)C(C)C)cc(P(C(C)C)C(C)C)c1)C(C)C. The maximum absolute atomic E-state index is 4.01. The van der Waals surface area contributed by atoms with Crippen LogP contribution in [-0.4, -0.2) is 34.0 Å². The Bertz CT molecular complexity index is 456. The van der Waals surface area contributed by atoms with E-state index in [1.165, 1.54) is 0 Å². The van der Waals surface area contributed by atoms with Crippen LogP contribution in [-0.2, 0) is 0 Å². The summed E-state index contributed by atoms with van der Waals surface area (Å²) in [7, 11) is -0.467. The molecule has 0 nitrogen and oxygen atoms in total. The summed E-state index contributed by atoms with van der Waals surface area (Å²) in [4.78, 5) is 0. The Morgan fingerprint density at radius 2 is 0.741 bits per heavy atom. The molecule has 0 aliphatic heterocycles. The third kappa shape index (κ3) is 6.77. The Hall–Kier alpha value is 0.510. The standard InChI is InChI=1S/C24H44P3/c1-16(2)25(17(3)4)22-13-23(26(18(5)6)19(7)8)15-24(14-22)27(20(9)10)21(11)12/h13-14,16-21H,1-12H3. The van der Waals surface area contributed by atoms with Crippen molar-refractivity contribution in [2.24, 2.45) is 0 Å². The molecule has 0 heterocycles. The van der Waals surface area contributed by atoms with Gasteiger partial charge < -0.3 is 0 Å². The van der Waals surface area contributed by atoms with E-state index in [4.69, 9.17) is 0 Å². The van der Waals surface area contributed by atoms with Gasteiger partial charge in [-0.15, -0.1) is 0 Å². The van der Waals surface area contributed by atoms with Crippen molar-refractivity contribution in [1.29, 1.82) is 0 Å². The predicted octanol–water partition coefficient (Wildman–Crippen LogP) is 7.26. The molecule has 0 aromatic heterocycles. The molecule has 1 aromatic rings. The maximum atomic E-state index is 4.01. The first-order valence-corrected chi connectivity index (χ1v) is 15.2. The van der Waals surface area contributed by atoms with Crippen LogP contribution in [0.5, 0.6) is 0 Å². The zero-order chi connectivity index (χ0) is 21.0. The van der Waals surface area contributed by atoms with Crippen molar-refractivity contribution in [3.8, 4) is 0 Å². The zero-order valence-electron chi connectivity index (χ0n) is 20.0. The molecule has 0 fully saturated rings. The first-order valence-electron chi connectivity index (χ1n) is 10.8. The van der Waals surface area contributed by atoms with E-state index in [9.17, 15) is 0 Å². The molecule has 27 heavy (non-hydrogen) atoms. The van der Waals surface area contributed by atoms with Gasteiger partial charge >= 0.3 is 0 Å². The molecular weight excluding hydrogens is 381 g/mol. The van der Waals surface area contributed by atoms with Gasteiger partial charge in [0.25, 0.3) is 0 Å². The molecule has 0 N–H and O–H groups in total. The van der Waals surface area contributed by atoms with Crippen LogP contribution in [0.3, 0.4) is 0 Å². The first-order chi connectivity index (χ1) is 12.4. The fraction of sp³-hybridized carbons (Fsp3) is 0.750. The average molecular weight is 426 g/mol. The second-order valence-corrected chi connectivity index (χ2v) is 19.5. The van der Waals surface area contributed by atoms with E-state index < -0.39 is 0 Å². The van der Waals surface area contributed by atoms with Crippen LogP contribution in [0.15, 0.2) is 12.1 Å². The highest BCUT2D eigenvalue weighted by atomic mass is 31.1. The Labute approximate surface area is 174 Å². The molecule has 0 amide bonds. The highest BCUT2D eigenvalue weighted by Crippen LogP contribution is 2.50. The Morgan fingerprint density at radius 3 is 0.963 bits per heavy atom. The largest absolute Gasteiger partial charge is 0.0700 e. The van der Waals surface area contributed by atoms with Gasteiger partial charge in [-0.2, -0.15) is 0 Å². The molecule has 1 rings (SSSR count). The van der Waals surface area contributed by atoms with E-state index in [1.54, 1.807) is 15.9 Å². The summed E-state index contributed by atoms with van der Waals surface area (Å²) >= 11 is 0. The molecule has 0 bridgehead atoms. The van der Waals surface area contributed by atoms with Crippen LogP contribution >= 0.6 is 23.8 Å². The van der Waals surface area contributed by atoms with Gasteiger partial charge in [-0.1, -0.05) is 107 Å². The van der Waals surface area contributed by atoms with Crippen molar-refractivity contribution < 1.29 is 0 Å². The minimum absolute atomic E-state index is 0.132. The monoisotopic (exact) mass is 425 g/mol. The second-order valence-electron chi connectivity index (χ2n) is 9.39. The van der Waals surface area contributed by atoms with Crippen molar-refractivity contribution in [1.82, 2.24) is 0 Å². The Kier molecular flexibility index (Phi) is 10.5. The number of benzene rings is 1. The molecule has 0 aliphatic rings. The lowest BCUT2D eigenvalue weighted by atomic mass is 10.3. The van der Waals surface area contributed by atoms with E-state index in [1.807, 2.05) is 0 Å². The summed E-state index contributed by atoms with van der Waals surface area (Å²) in [5.41, 5.74) is 4.33.